The first-order chi connectivity index (χ1) is 12.6. The van der Waals surface area contributed by atoms with Crippen LogP contribution >= 0.6 is 0 Å². The van der Waals surface area contributed by atoms with Crippen LogP contribution in [-0.4, -0.2) is 16.1 Å². The molecule has 3 rings (SSSR count). The molecule has 4 nitrogen and oxygen atoms in total. The van der Waals surface area contributed by atoms with Crippen molar-refractivity contribution < 1.29 is 19.2 Å². The zero-order valence-corrected chi connectivity index (χ0v) is 14.1. The summed E-state index contributed by atoms with van der Waals surface area (Å²) in [6.45, 7) is 0. The number of hydroxylamine groups is 1. The normalized spacial score (nSPS) is 21.9. The van der Waals surface area contributed by atoms with Crippen LogP contribution < -0.4 is 5.48 Å². The van der Waals surface area contributed by atoms with E-state index >= 15 is 0 Å². The fourth-order valence-electron chi connectivity index (χ4n) is 3.45. The monoisotopic (exact) mass is 358 g/mol. The minimum Gasteiger partial charge on any atom is -0.411 e. The molecule has 0 aromatic heterocycles. The number of nitrogens with one attached hydrogen (secondary N) is 1. The van der Waals surface area contributed by atoms with Gasteiger partial charge < -0.3 is 10.4 Å². The van der Waals surface area contributed by atoms with Gasteiger partial charge in [-0.15, -0.1) is 0 Å². The number of allylic oxidation sites excluding steroid dienone is 1. The number of hydrogen-bond donors (Lipinski definition) is 3. The molecule has 2 aromatic rings. The Balaban J connectivity index is 1.91. The molecule has 1 aliphatic carbocycles. The highest BCUT2D eigenvalue weighted by molar-refractivity contribution is 6.06. The summed E-state index contributed by atoms with van der Waals surface area (Å²) in [7, 11) is 0. The summed E-state index contributed by atoms with van der Waals surface area (Å²) in [5.74, 6) is -0.955. The molecule has 2 unspecified atom stereocenters. The number of nitrogens with zero attached hydrogens (tertiary/aromatic N) is 1. The molecule has 3 N–H and O–H groups in total. The van der Waals surface area contributed by atoms with Gasteiger partial charge in [0.15, 0.2) is 0 Å². The van der Waals surface area contributed by atoms with Crippen LogP contribution in [0.25, 0.3) is 6.08 Å². The number of hydrogen-bond acceptors (Lipinski definition) is 4. The molecular weight excluding hydrogens is 338 g/mol. The molecule has 2 aromatic carbocycles. The highest BCUT2D eigenvalue weighted by atomic mass is 19.1. The fourth-order valence-corrected chi connectivity index (χ4v) is 3.45. The maximum atomic E-state index is 13.2. The molecule has 0 amide bonds. The minimum absolute atomic E-state index is 0.282. The van der Waals surface area contributed by atoms with E-state index in [4.69, 9.17) is 0 Å². The molecule has 0 bridgehead atoms. The first kappa shape index (κ1) is 18.2. The lowest BCUT2D eigenvalue weighted by atomic mass is 9.77. The van der Waals surface area contributed by atoms with Gasteiger partial charge in [-0.1, -0.05) is 29.4 Å². The van der Waals surface area contributed by atoms with Crippen LogP contribution in [0.3, 0.4) is 0 Å². The van der Waals surface area contributed by atoms with Crippen molar-refractivity contribution in [1.82, 2.24) is 5.48 Å². The predicted molar refractivity (Wildman–Crippen MR) is 95.0 cm³/mol. The lowest BCUT2D eigenvalue weighted by Gasteiger charge is -2.31. The first-order valence-corrected chi connectivity index (χ1v) is 8.46. The van der Waals surface area contributed by atoms with Crippen molar-refractivity contribution in [2.24, 2.45) is 11.1 Å². The molecule has 0 aliphatic heterocycles. The maximum absolute atomic E-state index is 13.2. The number of halogens is 2. The Labute approximate surface area is 150 Å². The summed E-state index contributed by atoms with van der Waals surface area (Å²) >= 11 is 0. The van der Waals surface area contributed by atoms with Gasteiger partial charge in [0.05, 0.1) is 11.8 Å². The number of benzene rings is 2. The SMILES string of the molecule is O/N=C1/C(=C/c2ccc(F)cc2)CCCC1C(NO)c1ccc(F)cc1. The lowest BCUT2D eigenvalue weighted by molar-refractivity contribution is 0.106. The molecule has 0 heterocycles. The van der Waals surface area contributed by atoms with Gasteiger partial charge in [-0.25, -0.2) is 8.78 Å². The van der Waals surface area contributed by atoms with Crippen LogP contribution in [0.5, 0.6) is 0 Å². The van der Waals surface area contributed by atoms with Crippen LogP contribution in [0, 0.1) is 17.6 Å². The molecule has 26 heavy (non-hydrogen) atoms. The highest BCUT2D eigenvalue weighted by Gasteiger charge is 2.32. The van der Waals surface area contributed by atoms with Gasteiger partial charge in [-0.05, 0) is 66.3 Å². The van der Waals surface area contributed by atoms with Crippen LogP contribution in [-0.2, 0) is 0 Å². The van der Waals surface area contributed by atoms with E-state index in [2.05, 4.69) is 10.6 Å². The Morgan fingerprint density at radius 1 is 1.04 bits per heavy atom. The van der Waals surface area contributed by atoms with Crippen molar-refractivity contribution in [1.29, 1.82) is 0 Å². The van der Waals surface area contributed by atoms with E-state index < -0.39 is 6.04 Å². The summed E-state index contributed by atoms with van der Waals surface area (Å²) in [5.41, 5.74) is 5.07. The topological polar surface area (TPSA) is 64.9 Å². The van der Waals surface area contributed by atoms with E-state index in [1.54, 1.807) is 24.3 Å². The third-order valence-electron chi connectivity index (χ3n) is 4.73. The van der Waals surface area contributed by atoms with E-state index in [0.717, 1.165) is 24.0 Å². The smallest absolute Gasteiger partial charge is 0.123 e. The average Bonchev–Trinajstić information content (AvgIpc) is 2.66. The predicted octanol–water partition coefficient (Wildman–Crippen LogP) is 4.70. The molecule has 0 saturated heterocycles. The van der Waals surface area contributed by atoms with E-state index in [1.165, 1.54) is 24.3 Å². The standard InChI is InChI=1S/C20H20F2N2O2/c21-16-8-4-13(5-9-16)12-15-2-1-3-18(20(15)24-26)19(23-25)14-6-10-17(22)11-7-14/h4-12,18-19,23,25-26H,1-3H2/b15-12+,24-20-. The van der Waals surface area contributed by atoms with Gasteiger partial charge in [0, 0.05) is 5.92 Å². The van der Waals surface area contributed by atoms with Gasteiger partial charge in [-0.3, -0.25) is 0 Å². The van der Waals surface area contributed by atoms with Crippen molar-refractivity contribution >= 4 is 11.8 Å². The van der Waals surface area contributed by atoms with Crippen molar-refractivity contribution in [2.75, 3.05) is 0 Å². The van der Waals surface area contributed by atoms with E-state index in [0.29, 0.717) is 17.7 Å². The molecule has 1 aliphatic rings. The maximum Gasteiger partial charge on any atom is 0.123 e. The molecule has 2 atom stereocenters. The molecule has 0 spiro atoms. The second-order valence-electron chi connectivity index (χ2n) is 6.36. The zero-order chi connectivity index (χ0) is 18.5. The van der Waals surface area contributed by atoms with E-state index in [-0.39, 0.29) is 17.6 Å². The summed E-state index contributed by atoms with van der Waals surface area (Å²) in [5, 5.41) is 22.8. The zero-order valence-electron chi connectivity index (χ0n) is 14.1. The largest absolute Gasteiger partial charge is 0.411 e. The Morgan fingerprint density at radius 3 is 2.23 bits per heavy atom. The van der Waals surface area contributed by atoms with Crippen LogP contribution in [0.15, 0.2) is 59.3 Å². The molecule has 1 fully saturated rings. The van der Waals surface area contributed by atoms with Crippen molar-refractivity contribution in [3.05, 3.63) is 76.9 Å². The quantitative estimate of drug-likeness (QED) is 0.548. The van der Waals surface area contributed by atoms with Gasteiger partial charge >= 0.3 is 0 Å². The molecular formula is C20H20F2N2O2. The van der Waals surface area contributed by atoms with Crippen LogP contribution in [0.1, 0.15) is 36.4 Å². The Kier molecular flexibility index (Phi) is 5.75. The first-order valence-electron chi connectivity index (χ1n) is 8.46. The summed E-state index contributed by atoms with van der Waals surface area (Å²) in [4.78, 5) is 0. The highest BCUT2D eigenvalue weighted by Crippen LogP contribution is 2.36. The fraction of sp³-hybridized carbons (Fsp3) is 0.250. The lowest BCUT2D eigenvalue weighted by Crippen LogP contribution is -2.34. The summed E-state index contributed by atoms with van der Waals surface area (Å²) in [6.07, 6.45) is 4.13. The second kappa shape index (κ2) is 8.21. The van der Waals surface area contributed by atoms with Gasteiger partial charge in [0.1, 0.15) is 11.6 Å². The minimum atomic E-state index is -0.529. The van der Waals surface area contributed by atoms with Crippen molar-refractivity contribution in [2.45, 2.75) is 25.3 Å². The van der Waals surface area contributed by atoms with Gasteiger partial charge in [0.2, 0.25) is 0 Å². The van der Waals surface area contributed by atoms with E-state index in [1.807, 2.05) is 6.08 Å². The molecule has 0 radical (unpaired) electrons. The number of oxime groups is 1. The third-order valence-corrected chi connectivity index (χ3v) is 4.73. The Bertz CT molecular complexity index is 802. The Hall–Kier alpha value is -2.57. The van der Waals surface area contributed by atoms with Gasteiger partial charge in [-0.2, -0.15) is 5.48 Å². The Morgan fingerprint density at radius 2 is 1.65 bits per heavy atom. The third kappa shape index (κ3) is 3.98. The number of rotatable bonds is 4. The van der Waals surface area contributed by atoms with Gasteiger partial charge in [0.25, 0.3) is 0 Å². The summed E-state index contributed by atoms with van der Waals surface area (Å²) < 4.78 is 26.3. The molecule has 1 saturated carbocycles. The van der Waals surface area contributed by atoms with Crippen molar-refractivity contribution in [3.63, 3.8) is 0 Å². The molecule has 6 heteroatoms. The summed E-state index contributed by atoms with van der Waals surface area (Å²) in [6, 6.07) is 11.4. The van der Waals surface area contributed by atoms with Crippen LogP contribution in [0.2, 0.25) is 0 Å². The molecule has 136 valence electrons. The van der Waals surface area contributed by atoms with Crippen LogP contribution in [0.4, 0.5) is 8.78 Å². The van der Waals surface area contributed by atoms with Crippen molar-refractivity contribution in [3.8, 4) is 0 Å². The average molecular weight is 358 g/mol. The van der Waals surface area contributed by atoms with E-state index in [9.17, 15) is 19.2 Å². The second-order valence-corrected chi connectivity index (χ2v) is 6.36.